The minimum atomic E-state index is -2.26. The first-order valence-electron chi connectivity index (χ1n) is 5.53. The Kier molecular flexibility index (Phi) is 3.49. The van der Waals surface area contributed by atoms with Crippen LogP contribution in [0.5, 0.6) is 0 Å². The second-order valence-corrected chi connectivity index (χ2v) is 5.07. The van der Waals surface area contributed by atoms with E-state index in [2.05, 4.69) is 5.32 Å². The summed E-state index contributed by atoms with van der Waals surface area (Å²) < 4.78 is 21.8. The summed E-state index contributed by atoms with van der Waals surface area (Å²) >= 11 is -2.26. The quantitative estimate of drug-likeness (QED) is 0.832. The number of aromatic nitrogens is 1. The number of carbonyl (C=O) groups is 1. The van der Waals surface area contributed by atoms with Gasteiger partial charge in [-0.1, -0.05) is 18.2 Å². The Morgan fingerprint density at radius 2 is 2.06 bits per heavy atom. The summed E-state index contributed by atoms with van der Waals surface area (Å²) in [6, 6.07) is 8.66. The van der Waals surface area contributed by atoms with E-state index in [1.54, 1.807) is 24.3 Å². The fourth-order valence-electron chi connectivity index (χ4n) is 1.79. The Labute approximate surface area is 107 Å². The fourth-order valence-corrected chi connectivity index (χ4v) is 2.43. The van der Waals surface area contributed by atoms with Crippen LogP contribution in [0.25, 0.3) is 10.9 Å². The summed E-state index contributed by atoms with van der Waals surface area (Å²) in [5.41, 5.74) is 0.748. The molecule has 0 fully saturated rings. The third-order valence-electron chi connectivity index (χ3n) is 2.48. The molecule has 0 aliphatic carbocycles. The van der Waals surface area contributed by atoms with Crippen LogP contribution >= 0.6 is 0 Å². The third-order valence-corrected chi connectivity index (χ3v) is 3.18. The van der Waals surface area contributed by atoms with E-state index in [-0.39, 0.29) is 17.6 Å². The molecule has 0 bridgehead atoms. The van der Waals surface area contributed by atoms with E-state index in [4.69, 9.17) is 0 Å². The Balaban J connectivity index is 2.59. The average Bonchev–Trinajstić information content (AvgIpc) is 2.67. The van der Waals surface area contributed by atoms with Crippen LogP contribution in [0.3, 0.4) is 0 Å². The highest BCUT2D eigenvalue weighted by molar-refractivity contribution is 7.77. The summed E-state index contributed by atoms with van der Waals surface area (Å²) in [4.78, 5) is 12.0. The van der Waals surface area contributed by atoms with E-state index in [1.165, 1.54) is 0 Å². The molecule has 0 aliphatic rings. The van der Waals surface area contributed by atoms with Crippen molar-refractivity contribution in [1.29, 1.82) is 0 Å². The van der Waals surface area contributed by atoms with Crippen molar-refractivity contribution in [3.63, 3.8) is 0 Å². The van der Waals surface area contributed by atoms with Gasteiger partial charge in [-0.25, -0.2) is 8.18 Å². The van der Waals surface area contributed by atoms with Gasteiger partial charge in [0, 0.05) is 11.4 Å². The number of fused-ring (bicyclic) bond motifs is 1. The van der Waals surface area contributed by atoms with Crippen molar-refractivity contribution < 1.29 is 13.6 Å². The van der Waals surface area contributed by atoms with Crippen LogP contribution in [-0.4, -0.2) is 24.7 Å². The molecule has 1 atom stereocenters. The van der Waals surface area contributed by atoms with Gasteiger partial charge in [-0.3, -0.25) is 9.35 Å². The lowest BCUT2D eigenvalue weighted by Gasteiger charge is -2.09. The summed E-state index contributed by atoms with van der Waals surface area (Å²) in [6.45, 7) is 3.67. The van der Waals surface area contributed by atoms with Gasteiger partial charge in [0.25, 0.3) is 17.2 Å². The Morgan fingerprint density at radius 3 is 2.67 bits per heavy atom. The van der Waals surface area contributed by atoms with E-state index in [0.29, 0.717) is 5.52 Å². The highest BCUT2D eigenvalue weighted by Gasteiger charge is 2.18. The van der Waals surface area contributed by atoms with Crippen LogP contribution in [0.2, 0.25) is 0 Å². The normalized spacial score (nSPS) is 12.9. The molecule has 2 aromatic rings. The van der Waals surface area contributed by atoms with Crippen LogP contribution in [0.15, 0.2) is 30.3 Å². The molecule has 6 heteroatoms. The van der Waals surface area contributed by atoms with Crippen molar-refractivity contribution in [2.45, 2.75) is 19.9 Å². The third kappa shape index (κ3) is 2.30. The zero-order valence-corrected chi connectivity index (χ0v) is 10.9. The van der Waals surface area contributed by atoms with Gasteiger partial charge in [0.1, 0.15) is 5.69 Å². The summed E-state index contributed by atoms with van der Waals surface area (Å²) in [6.07, 6.45) is 0. The highest BCUT2D eigenvalue weighted by Crippen LogP contribution is 2.20. The van der Waals surface area contributed by atoms with E-state index in [1.807, 2.05) is 19.9 Å². The number of hydrogen-bond donors (Lipinski definition) is 2. The molecule has 2 N–H and O–H groups in total. The number of hydrogen-bond acceptors (Lipinski definition) is 2. The Morgan fingerprint density at radius 1 is 1.39 bits per heavy atom. The van der Waals surface area contributed by atoms with Crippen LogP contribution in [-0.2, 0) is 11.3 Å². The van der Waals surface area contributed by atoms with Crippen molar-refractivity contribution in [3.8, 4) is 0 Å². The Hall–Kier alpha value is -1.66. The maximum atomic E-state index is 12.0. The van der Waals surface area contributed by atoms with Crippen LogP contribution in [0.4, 0.5) is 0 Å². The van der Waals surface area contributed by atoms with Crippen molar-refractivity contribution in [3.05, 3.63) is 36.0 Å². The monoisotopic (exact) mass is 266 g/mol. The molecule has 0 aliphatic heterocycles. The van der Waals surface area contributed by atoms with Crippen molar-refractivity contribution >= 4 is 28.1 Å². The van der Waals surface area contributed by atoms with E-state index >= 15 is 0 Å². The number of benzene rings is 1. The number of carbonyl (C=O) groups excluding carboxylic acids is 1. The largest absolute Gasteiger partial charge is 0.349 e. The molecule has 96 valence electrons. The van der Waals surface area contributed by atoms with Gasteiger partial charge >= 0.3 is 0 Å². The molecule has 0 saturated carbocycles. The van der Waals surface area contributed by atoms with E-state index in [0.717, 1.165) is 9.36 Å². The van der Waals surface area contributed by atoms with E-state index < -0.39 is 11.3 Å². The van der Waals surface area contributed by atoms with Gasteiger partial charge in [0.15, 0.2) is 0 Å². The SMILES string of the molecule is CC(C)NC(=O)c1cc2ccccc2n1S(=O)O. The maximum Gasteiger partial charge on any atom is 0.269 e. The first-order chi connectivity index (χ1) is 8.50. The standard InChI is InChI=1S/C12H14N2O3S/c1-8(2)13-12(15)11-7-9-5-3-4-6-10(9)14(11)18(16)17/h3-8H,1-2H3,(H,13,15)(H,16,17). The van der Waals surface area contributed by atoms with E-state index in [9.17, 15) is 13.6 Å². The van der Waals surface area contributed by atoms with Gasteiger partial charge in [-0.05, 0) is 26.0 Å². The lowest BCUT2D eigenvalue weighted by Crippen LogP contribution is -2.32. The molecule has 1 heterocycles. The zero-order chi connectivity index (χ0) is 13.3. The first-order valence-corrected chi connectivity index (χ1v) is 6.59. The lowest BCUT2D eigenvalue weighted by atomic mass is 10.2. The maximum absolute atomic E-state index is 12.0. The van der Waals surface area contributed by atoms with Crippen LogP contribution < -0.4 is 5.32 Å². The molecule has 5 nitrogen and oxygen atoms in total. The second-order valence-electron chi connectivity index (χ2n) is 4.24. The smallest absolute Gasteiger partial charge is 0.269 e. The molecule has 1 aromatic heterocycles. The fraction of sp³-hybridized carbons (Fsp3) is 0.250. The minimum Gasteiger partial charge on any atom is -0.349 e. The summed E-state index contributed by atoms with van der Waals surface area (Å²) in [5.74, 6) is -0.358. The molecular formula is C12H14N2O3S. The number of para-hydroxylation sites is 1. The minimum absolute atomic E-state index is 0.0314. The predicted octanol–water partition coefficient (Wildman–Crippen LogP) is 1.76. The predicted molar refractivity (Wildman–Crippen MR) is 70.7 cm³/mol. The summed E-state index contributed by atoms with van der Waals surface area (Å²) in [5, 5.41) is 3.47. The second kappa shape index (κ2) is 4.91. The first kappa shape index (κ1) is 12.8. The molecule has 1 unspecified atom stereocenters. The lowest BCUT2D eigenvalue weighted by molar-refractivity contribution is 0.0937. The van der Waals surface area contributed by atoms with Crippen LogP contribution in [0.1, 0.15) is 24.3 Å². The number of nitrogens with zero attached hydrogens (tertiary/aromatic N) is 1. The zero-order valence-electron chi connectivity index (χ0n) is 10.1. The van der Waals surface area contributed by atoms with Crippen molar-refractivity contribution in [2.75, 3.05) is 0 Å². The van der Waals surface area contributed by atoms with Gasteiger partial charge in [0.05, 0.1) is 5.52 Å². The Bertz CT molecular complexity index is 619. The van der Waals surface area contributed by atoms with Crippen LogP contribution in [0, 0.1) is 0 Å². The van der Waals surface area contributed by atoms with Crippen molar-refractivity contribution in [1.82, 2.24) is 9.29 Å². The van der Waals surface area contributed by atoms with Gasteiger partial charge in [-0.2, -0.15) is 0 Å². The number of amides is 1. The molecule has 1 aromatic carbocycles. The van der Waals surface area contributed by atoms with Crippen molar-refractivity contribution in [2.24, 2.45) is 0 Å². The number of nitrogens with one attached hydrogen (secondary N) is 1. The molecule has 1 amide bonds. The molecule has 2 rings (SSSR count). The molecule has 0 spiro atoms. The van der Waals surface area contributed by atoms with Gasteiger partial charge < -0.3 is 5.32 Å². The molecule has 0 saturated heterocycles. The molecule has 18 heavy (non-hydrogen) atoms. The molecular weight excluding hydrogens is 252 g/mol. The number of rotatable bonds is 3. The average molecular weight is 266 g/mol. The van der Waals surface area contributed by atoms with Gasteiger partial charge in [0.2, 0.25) is 0 Å². The summed E-state index contributed by atoms with van der Waals surface area (Å²) in [7, 11) is 0. The molecule has 0 radical (unpaired) electrons. The topological polar surface area (TPSA) is 71.3 Å². The highest BCUT2D eigenvalue weighted by atomic mass is 32.2. The van der Waals surface area contributed by atoms with Gasteiger partial charge in [-0.15, -0.1) is 0 Å².